The number of rotatable bonds is 3. The van der Waals surface area contributed by atoms with Crippen LogP contribution in [-0.4, -0.2) is 20.6 Å². The van der Waals surface area contributed by atoms with E-state index in [-0.39, 0.29) is 5.56 Å². The number of hydrogen-bond donors (Lipinski definition) is 1. The quantitative estimate of drug-likeness (QED) is 0.861. The zero-order valence-electron chi connectivity index (χ0n) is 8.87. The Hall–Kier alpha value is -2.61. The summed E-state index contributed by atoms with van der Waals surface area (Å²) >= 11 is 0. The first kappa shape index (κ1) is 10.9. The number of nitriles is 1. The molecule has 0 aliphatic heterocycles. The Labute approximate surface area is 97.6 Å². The van der Waals surface area contributed by atoms with Crippen LogP contribution >= 0.6 is 0 Å². The molecule has 5 nitrogen and oxygen atoms in total. The van der Waals surface area contributed by atoms with E-state index in [4.69, 9.17) is 10.4 Å². The first-order valence-corrected chi connectivity index (χ1v) is 4.94. The number of carbonyl (C=O) groups is 1. The summed E-state index contributed by atoms with van der Waals surface area (Å²) in [6.45, 7) is 0.435. The molecule has 0 atom stereocenters. The molecule has 84 valence electrons. The number of aromatic carboxylic acids is 1. The Morgan fingerprint density at radius 3 is 3.06 bits per heavy atom. The Morgan fingerprint density at radius 1 is 1.53 bits per heavy atom. The summed E-state index contributed by atoms with van der Waals surface area (Å²) < 4.78 is 1.67. The fourth-order valence-corrected chi connectivity index (χ4v) is 1.55. The summed E-state index contributed by atoms with van der Waals surface area (Å²) in [5.74, 6) is -0.649. The van der Waals surface area contributed by atoms with Crippen molar-refractivity contribution in [2.24, 2.45) is 0 Å². The molecule has 0 aliphatic carbocycles. The van der Waals surface area contributed by atoms with Crippen LogP contribution in [0.3, 0.4) is 0 Å². The van der Waals surface area contributed by atoms with Crippen LogP contribution in [0, 0.1) is 11.3 Å². The zero-order valence-corrected chi connectivity index (χ0v) is 8.87. The lowest BCUT2D eigenvalue weighted by Crippen LogP contribution is -2.03. The van der Waals surface area contributed by atoms with Crippen LogP contribution in [0.5, 0.6) is 0 Å². The molecule has 2 rings (SSSR count). The molecule has 0 saturated heterocycles. The van der Waals surface area contributed by atoms with Gasteiger partial charge in [0.25, 0.3) is 0 Å². The molecule has 0 unspecified atom stereocenters. The normalized spacial score (nSPS) is 9.82. The number of benzene rings is 1. The van der Waals surface area contributed by atoms with Crippen molar-refractivity contribution in [3.05, 3.63) is 53.6 Å². The molecular weight excluding hydrogens is 218 g/mol. The van der Waals surface area contributed by atoms with Crippen molar-refractivity contribution >= 4 is 5.97 Å². The van der Waals surface area contributed by atoms with E-state index in [0.29, 0.717) is 12.4 Å². The van der Waals surface area contributed by atoms with Crippen LogP contribution in [-0.2, 0) is 6.54 Å². The van der Waals surface area contributed by atoms with Gasteiger partial charge in [-0.3, -0.25) is 0 Å². The van der Waals surface area contributed by atoms with Crippen molar-refractivity contribution in [2.45, 2.75) is 6.54 Å². The molecule has 1 aromatic heterocycles. The molecule has 0 amide bonds. The molecule has 1 heterocycles. The smallest absolute Gasteiger partial charge is 0.335 e. The number of aromatic nitrogens is 2. The Morgan fingerprint density at radius 2 is 2.35 bits per heavy atom. The molecule has 1 N–H and O–H groups in total. The molecule has 2 aromatic rings. The van der Waals surface area contributed by atoms with E-state index in [1.807, 2.05) is 12.1 Å². The number of carboxylic acid groups (broad SMARTS) is 1. The highest BCUT2D eigenvalue weighted by Crippen LogP contribution is 2.08. The zero-order chi connectivity index (χ0) is 12.3. The van der Waals surface area contributed by atoms with E-state index >= 15 is 0 Å². The van der Waals surface area contributed by atoms with E-state index in [0.717, 1.165) is 5.56 Å². The fourth-order valence-electron chi connectivity index (χ4n) is 1.55. The van der Waals surface area contributed by atoms with E-state index in [2.05, 4.69) is 4.98 Å². The van der Waals surface area contributed by atoms with Gasteiger partial charge in [-0.2, -0.15) is 5.26 Å². The third kappa shape index (κ3) is 2.32. The van der Waals surface area contributed by atoms with Crippen LogP contribution in [0.4, 0.5) is 0 Å². The van der Waals surface area contributed by atoms with E-state index in [1.54, 1.807) is 29.1 Å². The third-order valence-electron chi connectivity index (χ3n) is 2.34. The Balaban J connectivity index is 2.28. The van der Waals surface area contributed by atoms with Crippen molar-refractivity contribution in [3.8, 4) is 6.07 Å². The summed E-state index contributed by atoms with van der Waals surface area (Å²) in [5.41, 5.74) is 1.06. The maximum atomic E-state index is 10.8. The van der Waals surface area contributed by atoms with Gasteiger partial charge in [-0.15, -0.1) is 0 Å². The van der Waals surface area contributed by atoms with E-state index in [9.17, 15) is 4.79 Å². The molecular formula is C12H9N3O2. The molecule has 17 heavy (non-hydrogen) atoms. The van der Waals surface area contributed by atoms with Gasteiger partial charge in [-0.05, 0) is 17.7 Å². The highest BCUT2D eigenvalue weighted by molar-refractivity contribution is 5.87. The van der Waals surface area contributed by atoms with E-state index < -0.39 is 5.97 Å². The third-order valence-corrected chi connectivity index (χ3v) is 2.34. The minimum absolute atomic E-state index is 0.237. The second-order valence-electron chi connectivity index (χ2n) is 3.50. The van der Waals surface area contributed by atoms with Crippen molar-refractivity contribution in [1.29, 1.82) is 5.26 Å². The predicted molar refractivity (Wildman–Crippen MR) is 59.4 cm³/mol. The second kappa shape index (κ2) is 4.49. The molecule has 0 radical (unpaired) electrons. The standard InChI is InChI=1S/C12H9N3O2/c13-7-11-14-4-5-15(11)8-9-2-1-3-10(6-9)12(16)17/h1-6H,8H2,(H,16,17). The second-order valence-corrected chi connectivity index (χ2v) is 3.50. The molecule has 0 aliphatic rings. The summed E-state index contributed by atoms with van der Waals surface area (Å²) in [6.07, 6.45) is 3.23. The van der Waals surface area contributed by atoms with Crippen LogP contribution < -0.4 is 0 Å². The summed E-state index contributed by atoms with van der Waals surface area (Å²) in [4.78, 5) is 14.7. The maximum absolute atomic E-state index is 10.8. The minimum atomic E-state index is -0.960. The molecule has 0 saturated carbocycles. The van der Waals surface area contributed by atoms with Crippen molar-refractivity contribution in [2.75, 3.05) is 0 Å². The van der Waals surface area contributed by atoms with Crippen molar-refractivity contribution in [1.82, 2.24) is 9.55 Å². The van der Waals surface area contributed by atoms with Gasteiger partial charge >= 0.3 is 5.97 Å². The predicted octanol–water partition coefficient (Wildman–Crippen LogP) is 1.50. The first-order valence-electron chi connectivity index (χ1n) is 4.94. The highest BCUT2D eigenvalue weighted by Gasteiger charge is 2.05. The average molecular weight is 227 g/mol. The lowest BCUT2D eigenvalue weighted by molar-refractivity contribution is 0.0696. The largest absolute Gasteiger partial charge is 0.478 e. The molecule has 0 bridgehead atoms. The maximum Gasteiger partial charge on any atom is 0.335 e. The SMILES string of the molecule is N#Cc1nccn1Cc1cccc(C(=O)O)c1. The van der Waals surface area contributed by atoms with Gasteiger partial charge in [0, 0.05) is 18.9 Å². The minimum Gasteiger partial charge on any atom is -0.478 e. The van der Waals surface area contributed by atoms with Gasteiger partial charge in [0.2, 0.25) is 5.82 Å². The van der Waals surface area contributed by atoms with Gasteiger partial charge < -0.3 is 9.67 Å². The van der Waals surface area contributed by atoms with E-state index in [1.165, 1.54) is 6.07 Å². The van der Waals surface area contributed by atoms with Gasteiger partial charge in [-0.1, -0.05) is 12.1 Å². The fraction of sp³-hybridized carbons (Fsp3) is 0.0833. The van der Waals surface area contributed by atoms with Crippen LogP contribution in [0.2, 0.25) is 0 Å². The highest BCUT2D eigenvalue weighted by atomic mass is 16.4. The summed E-state index contributed by atoms with van der Waals surface area (Å²) in [5, 5.41) is 17.7. The molecule has 0 fully saturated rings. The number of imidazole rings is 1. The Bertz CT molecular complexity index is 596. The molecule has 0 spiro atoms. The first-order chi connectivity index (χ1) is 8.20. The lowest BCUT2D eigenvalue weighted by atomic mass is 10.1. The van der Waals surface area contributed by atoms with Gasteiger partial charge in [-0.25, -0.2) is 9.78 Å². The van der Waals surface area contributed by atoms with Gasteiger partial charge in [0.15, 0.2) is 0 Å². The molecule has 1 aromatic carbocycles. The van der Waals surface area contributed by atoms with Crippen LogP contribution in [0.1, 0.15) is 21.7 Å². The average Bonchev–Trinajstić information content (AvgIpc) is 2.76. The van der Waals surface area contributed by atoms with Crippen molar-refractivity contribution in [3.63, 3.8) is 0 Å². The molecule has 5 heteroatoms. The Kier molecular flexibility index (Phi) is 2.88. The number of nitrogens with zero attached hydrogens (tertiary/aromatic N) is 3. The summed E-state index contributed by atoms with van der Waals surface area (Å²) in [7, 11) is 0. The number of carboxylic acids is 1. The van der Waals surface area contributed by atoms with Gasteiger partial charge in [0.05, 0.1) is 5.56 Å². The van der Waals surface area contributed by atoms with Crippen LogP contribution in [0.15, 0.2) is 36.7 Å². The monoisotopic (exact) mass is 227 g/mol. The lowest BCUT2D eigenvalue weighted by Gasteiger charge is -2.04. The van der Waals surface area contributed by atoms with Crippen molar-refractivity contribution < 1.29 is 9.90 Å². The summed E-state index contributed by atoms with van der Waals surface area (Å²) in [6, 6.07) is 8.58. The topological polar surface area (TPSA) is 78.9 Å². The van der Waals surface area contributed by atoms with Crippen LogP contribution in [0.25, 0.3) is 0 Å². The van der Waals surface area contributed by atoms with Gasteiger partial charge in [0.1, 0.15) is 6.07 Å². The number of hydrogen-bond acceptors (Lipinski definition) is 3.